The lowest BCUT2D eigenvalue weighted by atomic mass is 10.0. The number of aromatic nitrogens is 1. The summed E-state index contributed by atoms with van der Waals surface area (Å²) in [6, 6.07) is 0.196. The molecular formula is C8H12N2O2. The van der Waals surface area contributed by atoms with Gasteiger partial charge in [-0.15, -0.1) is 0 Å². The maximum atomic E-state index is 11.1. The zero-order valence-corrected chi connectivity index (χ0v) is 6.80. The van der Waals surface area contributed by atoms with Gasteiger partial charge in [-0.3, -0.25) is 4.79 Å². The summed E-state index contributed by atoms with van der Waals surface area (Å²) < 4.78 is 4.72. The van der Waals surface area contributed by atoms with Crippen LogP contribution >= 0.6 is 0 Å². The average Bonchev–Trinajstić information content (AvgIpc) is 2.53. The molecule has 1 saturated heterocycles. The third-order valence-corrected chi connectivity index (χ3v) is 2.29. The Labute approximate surface area is 69.9 Å². The van der Waals surface area contributed by atoms with Crippen molar-refractivity contribution in [1.82, 2.24) is 10.5 Å². The largest absolute Gasteiger partial charge is 0.387 e. The monoisotopic (exact) mass is 168 g/mol. The number of aromatic amines is 1. The molecular weight excluding hydrogens is 156 g/mol. The molecule has 1 unspecified atom stereocenters. The molecule has 1 aromatic heterocycles. The van der Waals surface area contributed by atoms with E-state index in [1.807, 2.05) is 0 Å². The Morgan fingerprint density at radius 1 is 1.50 bits per heavy atom. The first-order chi connectivity index (χ1) is 5.88. The quantitative estimate of drug-likeness (QED) is 0.651. The van der Waals surface area contributed by atoms with Crippen LogP contribution < -0.4 is 10.9 Å². The topological polar surface area (TPSA) is 58.0 Å². The molecule has 66 valence electrons. The van der Waals surface area contributed by atoms with Gasteiger partial charge < -0.3 is 9.84 Å². The Balaban J connectivity index is 2.18. The van der Waals surface area contributed by atoms with Gasteiger partial charge in [0.25, 0.3) is 5.56 Å². The van der Waals surface area contributed by atoms with Gasteiger partial charge in [-0.1, -0.05) is 6.42 Å². The predicted octanol–water partition coefficient (Wildman–Crippen LogP) is 0.782. The fraction of sp³-hybridized carbons (Fsp3) is 0.625. The van der Waals surface area contributed by atoms with Crippen LogP contribution in [0.2, 0.25) is 0 Å². The summed E-state index contributed by atoms with van der Waals surface area (Å²) >= 11 is 0. The van der Waals surface area contributed by atoms with Crippen molar-refractivity contribution < 1.29 is 4.52 Å². The number of piperidine rings is 1. The van der Waals surface area contributed by atoms with Crippen LogP contribution in [-0.4, -0.2) is 11.7 Å². The number of hydrogen-bond acceptors (Lipinski definition) is 3. The van der Waals surface area contributed by atoms with E-state index < -0.39 is 0 Å². The molecule has 1 atom stereocenters. The molecule has 0 amide bonds. The molecule has 1 aliphatic heterocycles. The van der Waals surface area contributed by atoms with E-state index in [1.165, 1.54) is 19.1 Å². The minimum Gasteiger partial charge on any atom is -0.387 e. The van der Waals surface area contributed by atoms with E-state index in [9.17, 15) is 4.79 Å². The Morgan fingerprint density at radius 3 is 3.00 bits per heavy atom. The molecule has 0 spiro atoms. The molecule has 0 saturated carbocycles. The maximum Gasteiger partial charge on any atom is 0.284 e. The number of hydrogen-bond donors (Lipinski definition) is 2. The summed E-state index contributed by atoms with van der Waals surface area (Å²) in [6.45, 7) is 0.995. The first kappa shape index (κ1) is 7.61. The van der Waals surface area contributed by atoms with Gasteiger partial charge in [-0.05, 0) is 19.4 Å². The Kier molecular flexibility index (Phi) is 1.99. The van der Waals surface area contributed by atoms with Crippen LogP contribution in [0.3, 0.4) is 0 Å². The van der Waals surface area contributed by atoms with Crippen LogP contribution in [0.1, 0.15) is 30.9 Å². The predicted molar refractivity (Wildman–Crippen MR) is 43.9 cm³/mol. The van der Waals surface area contributed by atoms with Gasteiger partial charge in [0.2, 0.25) is 0 Å². The van der Waals surface area contributed by atoms with E-state index in [-0.39, 0.29) is 11.6 Å². The van der Waals surface area contributed by atoms with Gasteiger partial charge in [0.1, 0.15) is 6.26 Å². The highest BCUT2D eigenvalue weighted by molar-refractivity contribution is 5.08. The van der Waals surface area contributed by atoms with Gasteiger partial charge >= 0.3 is 0 Å². The van der Waals surface area contributed by atoms with Gasteiger partial charge in [0, 0.05) is 6.04 Å². The van der Waals surface area contributed by atoms with E-state index in [1.54, 1.807) is 0 Å². The first-order valence-electron chi connectivity index (χ1n) is 4.27. The third-order valence-electron chi connectivity index (χ3n) is 2.29. The summed E-state index contributed by atoms with van der Waals surface area (Å²) in [5, 5.41) is 5.58. The molecule has 1 fully saturated rings. The highest BCUT2D eigenvalue weighted by Gasteiger charge is 2.18. The van der Waals surface area contributed by atoms with Crippen LogP contribution in [0.15, 0.2) is 15.6 Å². The molecule has 1 aliphatic rings. The molecule has 0 aliphatic carbocycles. The summed E-state index contributed by atoms with van der Waals surface area (Å²) in [5.74, 6) is 0. The van der Waals surface area contributed by atoms with Gasteiger partial charge in [0.15, 0.2) is 0 Å². The average molecular weight is 168 g/mol. The second-order valence-corrected chi connectivity index (χ2v) is 3.12. The van der Waals surface area contributed by atoms with Crippen molar-refractivity contribution >= 4 is 0 Å². The molecule has 2 N–H and O–H groups in total. The van der Waals surface area contributed by atoms with Crippen LogP contribution in [0.4, 0.5) is 0 Å². The number of rotatable bonds is 1. The fourth-order valence-corrected chi connectivity index (χ4v) is 1.62. The summed E-state index contributed by atoms with van der Waals surface area (Å²) in [5.41, 5.74) is 0.629. The first-order valence-corrected chi connectivity index (χ1v) is 4.27. The fourth-order valence-electron chi connectivity index (χ4n) is 1.62. The van der Waals surface area contributed by atoms with Gasteiger partial charge in [0.05, 0.1) is 5.56 Å². The van der Waals surface area contributed by atoms with Crippen molar-refractivity contribution in [2.24, 2.45) is 0 Å². The highest BCUT2D eigenvalue weighted by Crippen LogP contribution is 2.19. The van der Waals surface area contributed by atoms with Gasteiger partial charge in [-0.25, -0.2) is 0 Å². The molecule has 2 rings (SSSR count). The summed E-state index contributed by atoms with van der Waals surface area (Å²) in [4.78, 5) is 11.1. The third kappa shape index (κ3) is 1.30. The van der Waals surface area contributed by atoms with Crippen molar-refractivity contribution in [3.63, 3.8) is 0 Å². The molecule has 4 heteroatoms. The van der Waals surface area contributed by atoms with Crippen molar-refractivity contribution in [1.29, 1.82) is 0 Å². The lowest BCUT2D eigenvalue weighted by molar-refractivity contribution is 0.398. The standard InChI is InChI=1S/C8H12N2O2/c11-8-6(5-12-10-8)7-3-1-2-4-9-7/h5,7,9H,1-4H2,(H,10,11). The van der Waals surface area contributed by atoms with Crippen molar-refractivity contribution in [2.75, 3.05) is 6.54 Å². The molecule has 0 aromatic carbocycles. The van der Waals surface area contributed by atoms with Crippen LogP contribution in [0, 0.1) is 0 Å². The minimum atomic E-state index is -0.102. The van der Waals surface area contributed by atoms with Crippen LogP contribution in [0.5, 0.6) is 0 Å². The maximum absolute atomic E-state index is 11.1. The normalized spacial score (nSPS) is 24.2. The Hall–Kier alpha value is -1.03. The lowest BCUT2D eigenvalue weighted by Crippen LogP contribution is -2.29. The SMILES string of the molecule is O=c1[nH]occ1C1CCCCN1. The molecule has 0 radical (unpaired) electrons. The minimum absolute atomic E-state index is 0.102. The lowest BCUT2D eigenvalue weighted by Gasteiger charge is -2.20. The molecule has 4 nitrogen and oxygen atoms in total. The van der Waals surface area contributed by atoms with Crippen LogP contribution in [-0.2, 0) is 0 Å². The second-order valence-electron chi connectivity index (χ2n) is 3.12. The molecule has 2 heterocycles. The van der Waals surface area contributed by atoms with Gasteiger partial charge in [-0.2, -0.15) is 5.16 Å². The van der Waals surface area contributed by atoms with E-state index >= 15 is 0 Å². The Morgan fingerprint density at radius 2 is 2.42 bits per heavy atom. The van der Waals surface area contributed by atoms with E-state index in [0.717, 1.165) is 18.5 Å². The highest BCUT2D eigenvalue weighted by atomic mass is 16.5. The number of H-pyrrole nitrogens is 1. The van der Waals surface area contributed by atoms with Crippen molar-refractivity contribution in [3.8, 4) is 0 Å². The van der Waals surface area contributed by atoms with E-state index in [0.29, 0.717) is 0 Å². The smallest absolute Gasteiger partial charge is 0.284 e. The summed E-state index contributed by atoms with van der Waals surface area (Å²) in [6.07, 6.45) is 4.92. The zero-order chi connectivity index (χ0) is 8.39. The van der Waals surface area contributed by atoms with Crippen LogP contribution in [0.25, 0.3) is 0 Å². The van der Waals surface area contributed by atoms with Crippen molar-refractivity contribution in [3.05, 3.63) is 22.2 Å². The molecule has 1 aromatic rings. The molecule has 0 bridgehead atoms. The molecule has 12 heavy (non-hydrogen) atoms. The zero-order valence-electron chi connectivity index (χ0n) is 6.80. The number of nitrogens with one attached hydrogen (secondary N) is 2. The summed E-state index contributed by atoms with van der Waals surface area (Å²) in [7, 11) is 0. The van der Waals surface area contributed by atoms with E-state index in [2.05, 4.69) is 10.5 Å². The van der Waals surface area contributed by atoms with Crippen molar-refractivity contribution in [2.45, 2.75) is 25.3 Å². The second kappa shape index (κ2) is 3.15. The van der Waals surface area contributed by atoms with E-state index in [4.69, 9.17) is 4.52 Å². The Bertz CT molecular complexity index is 296.